The summed E-state index contributed by atoms with van der Waals surface area (Å²) in [7, 11) is 1.64. The van der Waals surface area contributed by atoms with Crippen LogP contribution in [0.2, 0.25) is 0 Å². The molecule has 1 N–H and O–H groups in total. The Kier molecular flexibility index (Phi) is 6.08. The maximum absolute atomic E-state index is 12.9. The first-order valence-corrected chi connectivity index (χ1v) is 9.69. The second-order valence-electron chi connectivity index (χ2n) is 6.14. The Morgan fingerprint density at radius 1 is 1.19 bits per heavy atom. The molecule has 1 heterocycles. The summed E-state index contributed by atoms with van der Waals surface area (Å²) in [5.41, 5.74) is 3.70. The number of aryl methyl sites for hydroxylation is 1. The Hall–Kier alpha value is -2.86. The lowest BCUT2D eigenvalue weighted by Crippen LogP contribution is -2.30. The molecule has 6 heteroatoms. The third kappa shape index (κ3) is 4.65. The fourth-order valence-corrected chi connectivity index (χ4v) is 3.41. The number of carbonyl (C=O) groups is 1. The lowest BCUT2D eigenvalue weighted by molar-refractivity contribution is 0.0747. The van der Waals surface area contributed by atoms with Crippen molar-refractivity contribution in [1.82, 2.24) is 9.88 Å². The van der Waals surface area contributed by atoms with E-state index in [1.807, 2.05) is 48.2 Å². The summed E-state index contributed by atoms with van der Waals surface area (Å²) in [6, 6.07) is 15.7. The number of nitrogens with one attached hydrogen (secondary N) is 1. The molecule has 0 spiro atoms. The van der Waals surface area contributed by atoms with Gasteiger partial charge in [0.25, 0.3) is 5.91 Å². The summed E-state index contributed by atoms with van der Waals surface area (Å²) in [5, 5.41) is 5.72. The van der Waals surface area contributed by atoms with E-state index in [0.29, 0.717) is 23.9 Å². The summed E-state index contributed by atoms with van der Waals surface area (Å²) < 4.78 is 5.16. The van der Waals surface area contributed by atoms with Gasteiger partial charge in [0.1, 0.15) is 11.4 Å². The van der Waals surface area contributed by atoms with E-state index >= 15 is 0 Å². The Morgan fingerprint density at radius 3 is 2.59 bits per heavy atom. The minimum Gasteiger partial charge on any atom is -0.497 e. The molecule has 0 radical (unpaired) electrons. The SMILES string of the molecule is CCN(Cc1ccccc1C)C(=O)c1csc(Nc2ccc(OC)cc2)n1. The fourth-order valence-electron chi connectivity index (χ4n) is 2.71. The number of nitrogens with zero attached hydrogens (tertiary/aromatic N) is 2. The molecule has 1 amide bonds. The van der Waals surface area contributed by atoms with Crippen molar-refractivity contribution < 1.29 is 9.53 Å². The van der Waals surface area contributed by atoms with Crippen LogP contribution in [0.4, 0.5) is 10.8 Å². The van der Waals surface area contributed by atoms with Crippen molar-refractivity contribution in [2.45, 2.75) is 20.4 Å². The third-order valence-corrected chi connectivity index (χ3v) is 5.11. The molecule has 1 aromatic heterocycles. The molecule has 27 heavy (non-hydrogen) atoms. The molecule has 0 atom stereocenters. The fraction of sp³-hybridized carbons (Fsp3) is 0.238. The van der Waals surface area contributed by atoms with Crippen molar-refractivity contribution in [3.8, 4) is 5.75 Å². The van der Waals surface area contributed by atoms with E-state index in [2.05, 4.69) is 29.4 Å². The number of anilines is 2. The third-order valence-electron chi connectivity index (χ3n) is 4.36. The van der Waals surface area contributed by atoms with Crippen LogP contribution >= 0.6 is 11.3 Å². The largest absolute Gasteiger partial charge is 0.497 e. The van der Waals surface area contributed by atoms with Crippen LogP contribution in [-0.2, 0) is 6.54 Å². The quantitative estimate of drug-likeness (QED) is 0.635. The highest BCUT2D eigenvalue weighted by Crippen LogP contribution is 2.24. The molecule has 140 valence electrons. The lowest BCUT2D eigenvalue weighted by atomic mass is 10.1. The van der Waals surface area contributed by atoms with Crippen LogP contribution in [-0.4, -0.2) is 29.4 Å². The highest BCUT2D eigenvalue weighted by atomic mass is 32.1. The smallest absolute Gasteiger partial charge is 0.273 e. The Labute approximate surface area is 163 Å². The molecule has 0 saturated heterocycles. The number of aromatic nitrogens is 1. The van der Waals surface area contributed by atoms with Gasteiger partial charge in [-0.1, -0.05) is 24.3 Å². The minimum absolute atomic E-state index is 0.0558. The second kappa shape index (κ2) is 8.68. The topological polar surface area (TPSA) is 54.5 Å². The monoisotopic (exact) mass is 381 g/mol. The van der Waals surface area contributed by atoms with E-state index < -0.39 is 0 Å². The molecule has 0 saturated carbocycles. The molecule has 3 aromatic rings. The van der Waals surface area contributed by atoms with Crippen LogP contribution in [0.3, 0.4) is 0 Å². The Bertz CT molecular complexity index is 906. The average Bonchev–Trinajstić information content (AvgIpc) is 3.16. The first-order chi connectivity index (χ1) is 13.1. The van der Waals surface area contributed by atoms with Crippen molar-refractivity contribution in [2.75, 3.05) is 19.0 Å². The normalized spacial score (nSPS) is 10.5. The van der Waals surface area contributed by atoms with E-state index in [1.54, 1.807) is 12.5 Å². The Balaban J connectivity index is 1.70. The van der Waals surface area contributed by atoms with Crippen LogP contribution in [0.1, 0.15) is 28.5 Å². The summed E-state index contributed by atoms with van der Waals surface area (Å²) in [4.78, 5) is 19.1. The highest BCUT2D eigenvalue weighted by Gasteiger charge is 2.18. The zero-order chi connectivity index (χ0) is 19.2. The van der Waals surface area contributed by atoms with E-state index in [1.165, 1.54) is 16.9 Å². The van der Waals surface area contributed by atoms with E-state index in [-0.39, 0.29) is 5.91 Å². The molecule has 0 fully saturated rings. The molecule has 0 aliphatic rings. The first-order valence-electron chi connectivity index (χ1n) is 8.81. The lowest BCUT2D eigenvalue weighted by Gasteiger charge is -2.21. The maximum atomic E-state index is 12.9. The van der Waals surface area contributed by atoms with Gasteiger partial charge < -0.3 is 15.0 Å². The van der Waals surface area contributed by atoms with Crippen molar-refractivity contribution in [3.05, 3.63) is 70.7 Å². The standard InChI is InChI=1S/C21H23N3O2S/c1-4-24(13-16-8-6-5-7-15(16)2)20(25)19-14-27-21(23-19)22-17-9-11-18(26-3)12-10-17/h5-12,14H,4,13H2,1-3H3,(H,22,23). The molecule has 0 aliphatic heterocycles. The van der Waals surface area contributed by atoms with Crippen LogP contribution in [0.25, 0.3) is 0 Å². The summed E-state index contributed by atoms with van der Waals surface area (Å²) in [6.07, 6.45) is 0. The van der Waals surface area contributed by atoms with Crippen molar-refractivity contribution in [1.29, 1.82) is 0 Å². The number of benzene rings is 2. The highest BCUT2D eigenvalue weighted by molar-refractivity contribution is 7.14. The molecule has 2 aromatic carbocycles. The van der Waals surface area contributed by atoms with Crippen molar-refractivity contribution >= 4 is 28.1 Å². The number of rotatable bonds is 7. The first kappa shape index (κ1) is 18.9. The number of carbonyl (C=O) groups excluding carboxylic acids is 1. The Morgan fingerprint density at radius 2 is 1.93 bits per heavy atom. The van der Waals surface area contributed by atoms with Gasteiger partial charge in [-0.25, -0.2) is 4.98 Å². The molecule has 0 aliphatic carbocycles. The van der Waals surface area contributed by atoms with Gasteiger partial charge in [-0.2, -0.15) is 0 Å². The summed E-state index contributed by atoms with van der Waals surface area (Å²) in [6.45, 7) is 5.26. The van der Waals surface area contributed by atoms with Crippen LogP contribution in [0.5, 0.6) is 5.75 Å². The van der Waals surface area contributed by atoms with Gasteiger partial charge in [0, 0.05) is 24.2 Å². The van der Waals surface area contributed by atoms with Gasteiger partial charge >= 0.3 is 0 Å². The maximum Gasteiger partial charge on any atom is 0.273 e. The predicted octanol–water partition coefficient (Wildman–Crippen LogP) is 4.87. The van der Waals surface area contributed by atoms with Crippen LogP contribution in [0.15, 0.2) is 53.9 Å². The van der Waals surface area contributed by atoms with Gasteiger partial charge in [-0.3, -0.25) is 4.79 Å². The van der Waals surface area contributed by atoms with Gasteiger partial charge in [-0.15, -0.1) is 11.3 Å². The molecular formula is C21H23N3O2S. The minimum atomic E-state index is -0.0558. The number of thiazole rings is 1. The van der Waals surface area contributed by atoms with Gasteiger partial charge in [0.2, 0.25) is 0 Å². The number of ether oxygens (including phenoxy) is 1. The van der Waals surface area contributed by atoms with Crippen LogP contribution < -0.4 is 10.1 Å². The van der Waals surface area contributed by atoms with E-state index in [9.17, 15) is 4.79 Å². The van der Waals surface area contributed by atoms with Gasteiger partial charge in [0.05, 0.1) is 7.11 Å². The molecule has 0 unspecified atom stereocenters. The second-order valence-corrected chi connectivity index (χ2v) is 7.00. The summed E-state index contributed by atoms with van der Waals surface area (Å²) in [5.74, 6) is 0.741. The number of methoxy groups -OCH3 is 1. The van der Waals surface area contributed by atoms with Crippen molar-refractivity contribution in [2.24, 2.45) is 0 Å². The molecule has 5 nitrogen and oxygen atoms in total. The zero-order valence-electron chi connectivity index (χ0n) is 15.7. The van der Waals surface area contributed by atoms with Gasteiger partial charge in [-0.05, 0) is 49.2 Å². The molecule has 3 rings (SSSR count). The number of hydrogen-bond donors (Lipinski definition) is 1. The van der Waals surface area contributed by atoms with Crippen LogP contribution in [0, 0.1) is 6.92 Å². The number of amides is 1. The van der Waals surface area contributed by atoms with Gasteiger partial charge in [0.15, 0.2) is 5.13 Å². The van der Waals surface area contributed by atoms with Crippen molar-refractivity contribution in [3.63, 3.8) is 0 Å². The predicted molar refractivity (Wildman–Crippen MR) is 110 cm³/mol. The average molecular weight is 382 g/mol. The molecular weight excluding hydrogens is 358 g/mol. The molecule has 0 bridgehead atoms. The van der Waals surface area contributed by atoms with E-state index in [0.717, 1.165) is 17.0 Å². The summed E-state index contributed by atoms with van der Waals surface area (Å²) >= 11 is 1.42. The zero-order valence-corrected chi connectivity index (χ0v) is 16.5. The van der Waals surface area contributed by atoms with E-state index in [4.69, 9.17) is 4.74 Å². The number of hydrogen-bond acceptors (Lipinski definition) is 5.